The van der Waals surface area contributed by atoms with Gasteiger partial charge in [0.15, 0.2) is 0 Å². The number of aliphatic carboxylic acids is 1. The number of carbonyl (C=O) groups excluding carboxylic acids is 1. The lowest BCUT2D eigenvalue weighted by Crippen LogP contribution is -2.48. The molecule has 1 heterocycles. The predicted molar refractivity (Wildman–Crippen MR) is 67.6 cm³/mol. The van der Waals surface area contributed by atoms with Crippen LogP contribution < -0.4 is 5.32 Å². The van der Waals surface area contributed by atoms with Gasteiger partial charge in [-0.15, -0.1) is 10.2 Å². The van der Waals surface area contributed by atoms with Crippen LogP contribution in [-0.4, -0.2) is 44.3 Å². The van der Waals surface area contributed by atoms with Crippen molar-refractivity contribution in [2.75, 3.05) is 11.9 Å². The molecule has 18 heavy (non-hydrogen) atoms. The zero-order valence-electron chi connectivity index (χ0n) is 10.5. The van der Waals surface area contributed by atoms with E-state index in [0.29, 0.717) is 5.13 Å². The van der Waals surface area contributed by atoms with Gasteiger partial charge < -0.3 is 10.0 Å². The van der Waals surface area contributed by atoms with Crippen molar-refractivity contribution in [1.29, 1.82) is 0 Å². The second kappa shape index (κ2) is 5.76. The molecule has 0 saturated heterocycles. The minimum Gasteiger partial charge on any atom is -0.481 e. The SMILES string of the molecule is CC(C)(C)N(CCC(=O)O)C(=O)Nc1nncs1. The highest BCUT2D eigenvalue weighted by atomic mass is 32.1. The molecule has 0 unspecified atom stereocenters. The maximum Gasteiger partial charge on any atom is 0.324 e. The lowest BCUT2D eigenvalue weighted by atomic mass is 10.1. The van der Waals surface area contributed by atoms with Gasteiger partial charge in [-0.05, 0) is 20.8 Å². The molecule has 8 heteroatoms. The molecule has 0 aliphatic heterocycles. The quantitative estimate of drug-likeness (QED) is 0.868. The molecule has 0 saturated carbocycles. The fourth-order valence-electron chi connectivity index (χ4n) is 1.34. The predicted octanol–water partition coefficient (Wildman–Crippen LogP) is 1.65. The summed E-state index contributed by atoms with van der Waals surface area (Å²) >= 11 is 1.21. The number of carboxylic acids is 1. The first-order valence-corrected chi connectivity index (χ1v) is 6.25. The number of nitrogens with zero attached hydrogens (tertiary/aromatic N) is 3. The van der Waals surface area contributed by atoms with E-state index in [1.54, 1.807) is 0 Å². The fourth-order valence-corrected chi connectivity index (χ4v) is 1.77. The molecule has 0 atom stereocenters. The molecule has 2 N–H and O–H groups in total. The number of urea groups is 1. The number of hydrogen-bond donors (Lipinski definition) is 2. The summed E-state index contributed by atoms with van der Waals surface area (Å²) in [6.45, 7) is 5.67. The van der Waals surface area contributed by atoms with E-state index in [-0.39, 0.29) is 19.0 Å². The molecule has 7 nitrogen and oxygen atoms in total. The van der Waals surface area contributed by atoms with Gasteiger partial charge in [0.05, 0.1) is 6.42 Å². The monoisotopic (exact) mass is 272 g/mol. The zero-order chi connectivity index (χ0) is 13.8. The van der Waals surface area contributed by atoms with Crippen molar-refractivity contribution in [3.05, 3.63) is 5.51 Å². The number of carbonyl (C=O) groups is 2. The Morgan fingerprint density at radius 2 is 2.17 bits per heavy atom. The van der Waals surface area contributed by atoms with Crippen LogP contribution in [0.15, 0.2) is 5.51 Å². The van der Waals surface area contributed by atoms with E-state index in [1.807, 2.05) is 20.8 Å². The van der Waals surface area contributed by atoms with E-state index in [0.717, 1.165) is 0 Å². The van der Waals surface area contributed by atoms with Crippen LogP contribution in [0.4, 0.5) is 9.93 Å². The molecule has 2 amide bonds. The van der Waals surface area contributed by atoms with Gasteiger partial charge in [-0.25, -0.2) is 4.79 Å². The van der Waals surface area contributed by atoms with Gasteiger partial charge in [0.25, 0.3) is 0 Å². The Bertz CT molecular complexity index is 413. The highest BCUT2D eigenvalue weighted by Gasteiger charge is 2.27. The summed E-state index contributed by atoms with van der Waals surface area (Å²) in [5, 5.41) is 19.0. The van der Waals surface area contributed by atoms with E-state index in [1.165, 1.54) is 21.7 Å². The number of rotatable bonds is 4. The van der Waals surface area contributed by atoms with Crippen LogP contribution in [0.5, 0.6) is 0 Å². The summed E-state index contributed by atoms with van der Waals surface area (Å²) in [5.41, 5.74) is 1.04. The molecule has 1 aromatic heterocycles. The summed E-state index contributed by atoms with van der Waals surface area (Å²) in [7, 11) is 0. The molecular weight excluding hydrogens is 256 g/mol. The van der Waals surface area contributed by atoms with Crippen LogP contribution in [0, 0.1) is 0 Å². The number of hydrogen-bond acceptors (Lipinski definition) is 5. The second-order valence-corrected chi connectivity index (χ2v) is 5.47. The zero-order valence-corrected chi connectivity index (χ0v) is 11.3. The third-order valence-corrected chi connectivity index (χ3v) is 2.78. The first-order valence-electron chi connectivity index (χ1n) is 5.37. The van der Waals surface area contributed by atoms with Crippen molar-refractivity contribution in [3.63, 3.8) is 0 Å². The van der Waals surface area contributed by atoms with E-state index in [2.05, 4.69) is 15.5 Å². The molecule has 0 fully saturated rings. The normalized spacial score (nSPS) is 11.1. The van der Waals surface area contributed by atoms with Crippen molar-refractivity contribution < 1.29 is 14.7 Å². The smallest absolute Gasteiger partial charge is 0.324 e. The molecule has 100 valence electrons. The van der Waals surface area contributed by atoms with Crippen LogP contribution >= 0.6 is 11.3 Å². The van der Waals surface area contributed by atoms with Crippen LogP contribution in [-0.2, 0) is 4.79 Å². The second-order valence-electron chi connectivity index (χ2n) is 4.64. The average molecular weight is 272 g/mol. The first kappa shape index (κ1) is 14.4. The minimum absolute atomic E-state index is 0.0964. The lowest BCUT2D eigenvalue weighted by Gasteiger charge is -2.35. The van der Waals surface area contributed by atoms with Gasteiger partial charge >= 0.3 is 12.0 Å². The Labute approximate surface area is 109 Å². The van der Waals surface area contributed by atoms with Gasteiger partial charge in [0.1, 0.15) is 5.51 Å². The highest BCUT2D eigenvalue weighted by Crippen LogP contribution is 2.17. The van der Waals surface area contributed by atoms with Crippen molar-refractivity contribution in [3.8, 4) is 0 Å². The number of anilines is 1. The topological polar surface area (TPSA) is 95.4 Å². The Morgan fingerprint density at radius 3 is 2.61 bits per heavy atom. The summed E-state index contributed by atoms with van der Waals surface area (Å²) in [5.74, 6) is -0.937. The number of aromatic nitrogens is 2. The van der Waals surface area contributed by atoms with Crippen molar-refractivity contribution in [2.45, 2.75) is 32.7 Å². The number of amides is 2. The van der Waals surface area contributed by atoms with Crippen LogP contribution in [0.2, 0.25) is 0 Å². The van der Waals surface area contributed by atoms with E-state index in [9.17, 15) is 9.59 Å². The standard InChI is InChI=1S/C10H16N4O3S/c1-10(2,3)14(5-4-7(15)16)9(17)12-8-13-11-6-18-8/h6H,4-5H2,1-3H3,(H,15,16)(H,12,13,17). The van der Waals surface area contributed by atoms with Gasteiger partial charge in [-0.1, -0.05) is 11.3 Å². The third kappa shape index (κ3) is 4.28. The molecule has 0 spiro atoms. The maximum atomic E-state index is 12.0. The van der Waals surface area contributed by atoms with E-state index < -0.39 is 11.5 Å². The minimum atomic E-state index is -0.937. The van der Waals surface area contributed by atoms with Crippen molar-refractivity contribution >= 4 is 28.5 Å². The first-order chi connectivity index (χ1) is 8.30. The van der Waals surface area contributed by atoms with E-state index >= 15 is 0 Å². The molecule has 1 rings (SSSR count). The molecule has 0 radical (unpaired) electrons. The molecule has 1 aromatic rings. The summed E-state index contributed by atoms with van der Waals surface area (Å²) in [4.78, 5) is 24.1. The molecule has 0 aliphatic rings. The summed E-state index contributed by atoms with van der Waals surface area (Å²) < 4.78 is 0. The molecule has 0 bridgehead atoms. The summed E-state index contributed by atoms with van der Waals surface area (Å²) in [6.07, 6.45) is -0.0964. The van der Waals surface area contributed by atoms with Crippen LogP contribution in [0.25, 0.3) is 0 Å². The Kier molecular flexibility index (Phi) is 4.60. The fraction of sp³-hybridized carbons (Fsp3) is 0.600. The Hall–Kier alpha value is -1.70. The van der Waals surface area contributed by atoms with Crippen molar-refractivity contribution in [2.24, 2.45) is 0 Å². The van der Waals surface area contributed by atoms with Crippen molar-refractivity contribution in [1.82, 2.24) is 15.1 Å². The van der Waals surface area contributed by atoms with E-state index in [4.69, 9.17) is 5.11 Å². The summed E-state index contributed by atoms with van der Waals surface area (Å²) in [6, 6.07) is -0.375. The van der Waals surface area contributed by atoms with Crippen LogP contribution in [0.3, 0.4) is 0 Å². The van der Waals surface area contributed by atoms with Crippen LogP contribution in [0.1, 0.15) is 27.2 Å². The average Bonchev–Trinajstić information content (AvgIpc) is 2.67. The maximum absolute atomic E-state index is 12.0. The number of nitrogens with one attached hydrogen (secondary N) is 1. The molecule has 0 aromatic carbocycles. The lowest BCUT2D eigenvalue weighted by molar-refractivity contribution is -0.137. The van der Waals surface area contributed by atoms with Gasteiger partial charge in [0, 0.05) is 12.1 Å². The largest absolute Gasteiger partial charge is 0.481 e. The molecule has 0 aliphatic carbocycles. The highest BCUT2D eigenvalue weighted by molar-refractivity contribution is 7.13. The Morgan fingerprint density at radius 1 is 1.50 bits per heavy atom. The Balaban J connectivity index is 2.70. The van der Waals surface area contributed by atoms with Gasteiger partial charge in [-0.3, -0.25) is 10.1 Å². The molecular formula is C10H16N4O3S. The third-order valence-electron chi connectivity index (χ3n) is 2.18. The number of carboxylic acid groups (broad SMARTS) is 1. The van der Waals surface area contributed by atoms with Gasteiger partial charge in [-0.2, -0.15) is 0 Å². The van der Waals surface area contributed by atoms with Gasteiger partial charge in [0.2, 0.25) is 5.13 Å².